The quantitative estimate of drug-likeness (QED) is 0.678. The molecule has 0 saturated heterocycles. The van der Waals surface area contributed by atoms with Gasteiger partial charge in [-0.3, -0.25) is 0 Å². The summed E-state index contributed by atoms with van der Waals surface area (Å²) in [7, 11) is 0. The Morgan fingerprint density at radius 3 is 3.00 bits per heavy atom. The lowest BCUT2D eigenvalue weighted by Gasteiger charge is -2.04. The summed E-state index contributed by atoms with van der Waals surface area (Å²) in [4.78, 5) is 12.0. The zero-order chi connectivity index (χ0) is 12.7. The fourth-order valence-electron chi connectivity index (χ4n) is 1.91. The second-order valence-electron chi connectivity index (χ2n) is 4.13. The molecule has 2 aromatic heterocycles. The molecule has 0 aliphatic carbocycles. The first kappa shape index (κ1) is 11.2. The predicted molar refractivity (Wildman–Crippen MR) is 76.2 cm³/mol. The number of pyridine rings is 1. The maximum absolute atomic E-state index is 5.91. The van der Waals surface area contributed by atoms with Crippen LogP contribution in [-0.2, 0) is 0 Å². The van der Waals surface area contributed by atoms with Gasteiger partial charge >= 0.3 is 0 Å². The third-order valence-electron chi connectivity index (χ3n) is 2.93. The molecule has 0 aliphatic heterocycles. The summed E-state index contributed by atoms with van der Waals surface area (Å²) in [6, 6.07) is 7.77. The summed E-state index contributed by atoms with van der Waals surface area (Å²) in [6.45, 7) is 1.99. The minimum atomic E-state index is 0.704. The third kappa shape index (κ3) is 1.76. The van der Waals surface area contributed by atoms with E-state index in [0.717, 1.165) is 32.6 Å². The minimum absolute atomic E-state index is 0.704. The molecule has 3 rings (SSSR count). The van der Waals surface area contributed by atoms with Crippen molar-refractivity contribution in [2.24, 2.45) is 0 Å². The van der Waals surface area contributed by atoms with Crippen LogP contribution in [0, 0.1) is 6.92 Å². The maximum Gasteiger partial charge on any atom is 0.178 e. The molecular weight excluding hydrogens is 292 g/mol. The van der Waals surface area contributed by atoms with Crippen LogP contribution < -0.4 is 5.73 Å². The van der Waals surface area contributed by atoms with Crippen molar-refractivity contribution < 1.29 is 0 Å². The second kappa shape index (κ2) is 4.10. The standard InChI is InChI=1S/C13H11BrN4/c1-7-9(3-2-4-10(7)15)12-17-11-5-8(14)6-16-13(11)18-12/h2-6H,15H2,1H3,(H,16,17,18). The van der Waals surface area contributed by atoms with E-state index in [-0.39, 0.29) is 0 Å². The Labute approximate surface area is 112 Å². The smallest absolute Gasteiger partial charge is 0.178 e. The molecule has 2 heterocycles. The van der Waals surface area contributed by atoms with Crippen LogP contribution in [0.3, 0.4) is 0 Å². The van der Waals surface area contributed by atoms with E-state index in [0.29, 0.717) is 5.65 Å². The number of H-pyrrole nitrogens is 1. The van der Waals surface area contributed by atoms with E-state index in [2.05, 4.69) is 30.9 Å². The lowest BCUT2D eigenvalue weighted by Crippen LogP contribution is -1.92. The molecule has 0 bridgehead atoms. The molecule has 0 amide bonds. The minimum Gasteiger partial charge on any atom is -0.398 e. The Bertz CT molecular complexity index is 733. The number of nitrogens with two attached hydrogens (primary N) is 1. The Kier molecular flexibility index (Phi) is 2.56. The molecule has 0 spiro atoms. The van der Waals surface area contributed by atoms with Crippen LogP contribution in [0.25, 0.3) is 22.6 Å². The van der Waals surface area contributed by atoms with Gasteiger partial charge in [0.2, 0.25) is 0 Å². The number of fused-ring (bicyclic) bond motifs is 1. The average molecular weight is 303 g/mol. The average Bonchev–Trinajstić information content (AvgIpc) is 2.75. The number of hydrogen-bond donors (Lipinski definition) is 2. The van der Waals surface area contributed by atoms with Gasteiger partial charge in [0.05, 0.1) is 5.52 Å². The van der Waals surface area contributed by atoms with E-state index >= 15 is 0 Å². The van der Waals surface area contributed by atoms with Crippen molar-refractivity contribution in [1.82, 2.24) is 15.0 Å². The summed E-state index contributed by atoms with van der Waals surface area (Å²) in [5, 5.41) is 0. The van der Waals surface area contributed by atoms with Crippen LogP contribution in [0.2, 0.25) is 0 Å². The Hall–Kier alpha value is -1.88. The Balaban J connectivity index is 2.22. The SMILES string of the molecule is Cc1c(N)cccc1-c1nc2ncc(Br)cc2[nH]1. The summed E-state index contributed by atoms with van der Waals surface area (Å²) in [6.07, 6.45) is 1.74. The summed E-state index contributed by atoms with van der Waals surface area (Å²) in [5.41, 5.74) is 10.3. The van der Waals surface area contributed by atoms with Gasteiger partial charge in [-0.1, -0.05) is 12.1 Å². The molecule has 0 saturated carbocycles. The molecule has 0 fully saturated rings. The van der Waals surface area contributed by atoms with Gasteiger partial charge in [-0.25, -0.2) is 9.97 Å². The zero-order valence-electron chi connectivity index (χ0n) is 9.74. The number of benzene rings is 1. The molecule has 0 radical (unpaired) electrons. The first-order valence-electron chi connectivity index (χ1n) is 5.52. The molecule has 0 aliphatic rings. The fourth-order valence-corrected chi connectivity index (χ4v) is 2.24. The summed E-state index contributed by atoms with van der Waals surface area (Å²) >= 11 is 3.39. The second-order valence-corrected chi connectivity index (χ2v) is 5.05. The molecule has 3 aromatic rings. The van der Waals surface area contributed by atoms with Crippen molar-refractivity contribution in [1.29, 1.82) is 0 Å². The van der Waals surface area contributed by atoms with E-state index in [1.54, 1.807) is 6.20 Å². The zero-order valence-corrected chi connectivity index (χ0v) is 11.3. The molecule has 1 aromatic carbocycles. The van der Waals surface area contributed by atoms with Gasteiger partial charge in [0.25, 0.3) is 0 Å². The van der Waals surface area contributed by atoms with Crippen molar-refractivity contribution in [3.8, 4) is 11.4 Å². The Morgan fingerprint density at radius 2 is 2.17 bits per heavy atom. The van der Waals surface area contributed by atoms with Crippen LogP contribution in [0.15, 0.2) is 34.9 Å². The summed E-state index contributed by atoms with van der Waals surface area (Å²) < 4.78 is 0.925. The van der Waals surface area contributed by atoms with Crippen LogP contribution in [0.1, 0.15) is 5.56 Å². The van der Waals surface area contributed by atoms with Crippen molar-refractivity contribution in [2.75, 3.05) is 5.73 Å². The molecular formula is C13H11BrN4. The van der Waals surface area contributed by atoms with Gasteiger partial charge in [0, 0.05) is 21.9 Å². The van der Waals surface area contributed by atoms with Gasteiger partial charge in [-0.05, 0) is 40.5 Å². The normalized spacial score (nSPS) is 11.0. The van der Waals surface area contributed by atoms with E-state index in [1.165, 1.54) is 0 Å². The van der Waals surface area contributed by atoms with Crippen LogP contribution in [0.5, 0.6) is 0 Å². The van der Waals surface area contributed by atoms with Gasteiger partial charge < -0.3 is 10.7 Å². The van der Waals surface area contributed by atoms with Crippen LogP contribution >= 0.6 is 15.9 Å². The van der Waals surface area contributed by atoms with E-state index < -0.39 is 0 Å². The lowest BCUT2D eigenvalue weighted by molar-refractivity contribution is 1.28. The number of rotatable bonds is 1. The van der Waals surface area contributed by atoms with Gasteiger partial charge in [0.1, 0.15) is 5.82 Å². The Morgan fingerprint density at radius 1 is 1.33 bits per heavy atom. The largest absolute Gasteiger partial charge is 0.398 e. The number of nitrogen functional groups attached to an aromatic ring is 1. The van der Waals surface area contributed by atoms with Crippen molar-refractivity contribution in [3.05, 3.63) is 40.5 Å². The molecule has 18 heavy (non-hydrogen) atoms. The molecule has 0 unspecified atom stereocenters. The van der Waals surface area contributed by atoms with Crippen molar-refractivity contribution in [3.63, 3.8) is 0 Å². The highest BCUT2D eigenvalue weighted by atomic mass is 79.9. The number of imidazole rings is 1. The van der Waals surface area contributed by atoms with Crippen molar-refractivity contribution in [2.45, 2.75) is 6.92 Å². The van der Waals surface area contributed by atoms with Crippen molar-refractivity contribution >= 4 is 32.8 Å². The fraction of sp³-hybridized carbons (Fsp3) is 0.0769. The number of anilines is 1. The van der Waals surface area contributed by atoms with E-state index in [4.69, 9.17) is 5.73 Å². The predicted octanol–water partition coefficient (Wildman–Crippen LogP) is 3.28. The highest BCUT2D eigenvalue weighted by Crippen LogP contribution is 2.26. The number of aromatic amines is 1. The summed E-state index contributed by atoms with van der Waals surface area (Å²) in [5.74, 6) is 0.792. The molecule has 5 heteroatoms. The lowest BCUT2D eigenvalue weighted by atomic mass is 10.1. The molecule has 90 valence electrons. The first-order chi connectivity index (χ1) is 8.65. The number of nitrogens with zero attached hydrogens (tertiary/aromatic N) is 2. The van der Waals surface area contributed by atoms with E-state index in [9.17, 15) is 0 Å². The number of hydrogen-bond acceptors (Lipinski definition) is 3. The van der Waals surface area contributed by atoms with Crippen LogP contribution in [-0.4, -0.2) is 15.0 Å². The molecule has 4 nitrogen and oxygen atoms in total. The van der Waals surface area contributed by atoms with Gasteiger partial charge in [-0.2, -0.15) is 0 Å². The number of halogens is 1. The first-order valence-corrected chi connectivity index (χ1v) is 6.31. The maximum atomic E-state index is 5.91. The number of nitrogens with one attached hydrogen (secondary N) is 1. The van der Waals surface area contributed by atoms with Gasteiger partial charge in [0.15, 0.2) is 5.65 Å². The molecule has 3 N–H and O–H groups in total. The molecule has 0 atom stereocenters. The topological polar surface area (TPSA) is 67.6 Å². The highest BCUT2D eigenvalue weighted by molar-refractivity contribution is 9.10. The van der Waals surface area contributed by atoms with Gasteiger partial charge in [-0.15, -0.1) is 0 Å². The van der Waals surface area contributed by atoms with Crippen LogP contribution in [0.4, 0.5) is 5.69 Å². The monoisotopic (exact) mass is 302 g/mol. The number of aromatic nitrogens is 3. The third-order valence-corrected chi connectivity index (χ3v) is 3.37. The highest BCUT2D eigenvalue weighted by Gasteiger charge is 2.10. The van der Waals surface area contributed by atoms with E-state index in [1.807, 2.05) is 31.2 Å².